The number of hydrogen-bond donors (Lipinski definition) is 2. The van der Waals surface area contributed by atoms with Crippen LogP contribution in [0.4, 0.5) is 5.95 Å². The molecule has 0 unspecified atom stereocenters. The van der Waals surface area contributed by atoms with Crippen molar-refractivity contribution in [2.75, 3.05) is 5.43 Å². The number of aromatic nitrogens is 3. The largest absolute Gasteiger partial charge is 0.273 e. The first kappa shape index (κ1) is 15.8. The molecule has 2 rings (SSSR count). The maximum Gasteiger partial charge on any atom is 0.262 e. The highest BCUT2D eigenvalue weighted by atomic mass is 35.5. The Hall–Kier alpha value is -2.21. The molecule has 0 atom stereocenters. The molecule has 2 aromatic rings. The number of anilines is 1. The summed E-state index contributed by atoms with van der Waals surface area (Å²) in [6.07, 6.45) is 1.57. The van der Waals surface area contributed by atoms with Crippen molar-refractivity contribution in [1.29, 1.82) is 0 Å². The lowest BCUT2D eigenvalue weighted by atomic mass is 10.2. The number of nitrogens with one attached hydrogen (secondary N) is 2. The van der Waals surface area contributed by atoms with E-state index >= 15 is 0 Å². The SMILES string of the molecule is CC(C)C(=O)NNc1nncc(-c2ccccc2)n1.Cl. The molecule has 0 spiro atoms. The van der Waals surface area contributed by atoms with Gasteiger partial charge in [0.15, 0.2) is 0 Å². The molecular weight excluding hydrogens is 278 g/mol. The van der Waals surface area contributed by atoms with Crippen molar-refractivity contribution < 1.29 is 4.79 Å². The van der Waals surface area contributed by atoms with Gasteiger partial charge in [-0.2, -0.15) is 5.10 Å². The minimum Gasteiger partial charge on any atom is -0.273 e. The van der Waals surface area contributed by atoms with E-state index < -0.39 is 0 Å². The zero-order valence-electron chi connectivity index (χ0n) is 11.2. The standard InChI is InChI=1S/C13H15N5O.ClH/c1-9(2)12(19)16-18-13-15-11(8-14-17-13)10-6-4-3-5-7-10;/h3-9H,1-2H3,(H,16,19)(H,15,17,18);1H. The molecule has 2 N–H and O–H groups in total. The lowest BCUT2D eigenvalue weighted by molar-refractivity contribution is -0.123. The van der Waals surface area contributed by atoms with Gasteiger partial charge >= 0.3 is 0 Å². The van der Waals surface area contributed by atoms with Gasteiger partial charge in [0, 0.05) is 11.5 Å². The van der Waals surface area contributed by atoms with E-state index in [1.165, 1.54) is 0 Å². The molecule has 0 aliphatic rings. The van der Waals surface area contributed by atoms with Gasteiger partial charge < -0.3 is 0 Å². The molecular formula is C13H16ClN5O. The Balaban J connectivity index is 0.00000200. The minimum atomic E-state index is -0.131. The Labute approximate surface area is 123 Å². The number of rotatable bonds is 4. The van der Waals surface area contributed by atoms with E-state index in [2.05, 4.69) is 26.0 Å². The molecule has 0 radical (unpaired) electrons. The van der Waals surface area contributed by atoms with E-state index in [0.29, 0.717) is 5.69 Å². The van der Waals surface area contributed by atoms with Gasteiger partial charge in [-0.3, -0.25) is 15.6 Å². The fourth-order valence-corrected chi connectivity index (χ4v) is 1.37. The highest BCUT2D eigenvalue weighted by molar-refractivity contribution is 5.85. The van der Waals surface area contributed by atoms with Crippen LogP contribution < -0.4 is 10.9 Å². The van der Waals surface area contributed by atoms with Crippen LogP contribution in [-0.2, 0) is 4.79 Å². The molecule has 1 aromatic carbocycles. The van der Waals surface area contributed by atoms with Crippen molar-refractivity contribution >= 4 is 24.3 Å². The maximum absolute atomic E-state index is 11.4. The van der Waals surface area contributed by atoms with Gasteiger partial charge in [-0.15, -0.1) is 17.5 Å². The van der Waals surface area contributed by atoms with E-state index in [4.69, 9.17) is 0 Å². The number of hydrogen-bond acceptors (Lipinski definition) is 5. The Morgan fingerprint density at radius 2 is 1.90 bits per heavy atom. The molecule has 0 aliphatic heterocycles. The Morgan fingerprint density at radius 3 is 2.55 bits per heavy atom. The fourth-order valence-electron chi connectivity index (χ4n) is 1.37. The first-order valence-electron chi connectivity index (χ1n) is 5.98. The third-order valence-electron chi connectivity index (χ3n) is 2.45. The number of benzene rings is 1. The predicted molar refractivity (Wildman–Crippen MR) is 79.1 cm³/mol. The molecule has 1 aromatic heterocycles. The van der Waals surface area contributed by atoms with Crippen molar-refractivity contribution in [3.8, 4) is 11.3 Å². The number of nitrogens with zero attached hydrogens (tertiary/aromatic N) is 3. The summed E-state index contributed by atoms with van der Waals surface area (Å²) in [5, 5.41) is 7.67. The van der Waals surface area contributed by atoms with Gasteiger partial charge in [0.05, 0.1) is 11.9 Å². The Kier molecular flexibility index (Phi) is 5.86. The predicted octanol–water partition coefficient (Wildman–Crippen LogP) is 2.06. The number of amides is 1. The highest BCUT2D eigenvalue weighted by Gasteiger charge is 2.07. The fraction of sp³-hybridized carbons (Fsp3) is 0.231. The number of carbonyl (C=O) groups excluding carboxylic acids is 1. The number of hydrazine groups is 1. The van der Waals surface area contributed by atoms with E-state index in [1.807, 2.05) is 30.3 Å². The summed E-state index contributed by atoms with van der Waals surface area (Å²) >= 11 is 0. The van der Waals surface area contributed by atoms with Crippen molar-refractivity contribution in [2.24, 2.45) is 5.92 Å². The summed E-state index contributed by atoms with van der Waals surface area (Å²) < 4.78 is 0. The molecule has 0 bridgehead atoms. The van der Waals surface area contributed by atoms with E-state index in [-0.39, 0.29) is 30.2 Å². The zero-order chi connectivity index (χ0) is 13.7. The first-order chi connectivity index (χ1) is 9.16. The lowest BCUT2D eigenvalue weighted by Crippen LogP contribution is -2.33. The molecule has 6 nitrogen and oxygen atoms in total. The van der Waals surface area contributed by atoms with Crippen molar-refractivity contribution in [2.45, 2.75) is 13.8 Å². The van der Waals surface area contributed by atoms with Gasteiger partial charge in [-0.1, -0.05) is 44.2 Å². The summed E-state index contributed by atoms with van der Waals surface area (Å²) in [6, 6.07) is 9.64. The van der Waals surface area contributed by atoms with Crippen molar-refractivity contribution in [1.82, 2.24) is 20.6 Å². The second-order valence-corrected chi connectivity index (χ2v) is 4.30. The monoisotopic (exact) mass is 293 g/mol. The molecule has 1 heterocycles. The summed E-state index contributed by atoms with van der Waals surface area (Å²) in [6.45, 7) is 3.60. The topological polar surface area (TPSA) is 79.8 Å². The van der Waals surface area contributed by atoms with Crippen LogP contribution in [0.5, 0.6) is 0 Å². The number of halogens is 1. The minimum absolute atomic E-state index is 0. The molecule has 0 aliphatic carbocycles. The summed E-state index contributed by atoms with van der Waals surface area (Å²) in [7, 11) is 0. The quantitative estimate of drug-likeness (QED) is 0.844. The van der Waals surface area contributed by atoms with Crippen LogP contribution in [0.2, 0.25) is 0 Å². The van der Waals surface area contributed by atoms with E-state index in [9.17, 15) is 4.79 Å². The van der Waals surface area contributed by atoms with Crippen LogP contribution in [0.15, 0.2) is 36.5 Å². The first-order valence-corrected chi connectivity index (χ1v) is 5.98. The third-order valence-corrected chi connectivity index (χ3v) is 2.45. The summed E-state index contributed by atoms with van der Waals surface area (Å²) in [5.41, 5.74) is 6.81. The zero-order valence-corrected chi connectivity index (χ0v) is 12.0. The average Bonchev–Trinajstić information content (AvgIpc) is 2.46. The van der Waals surface area contributed by atoms with Crippen LogP contribution in [-0.4, -0.2) is 21.1 Å². The van der Waals surface area contributed by atoms with Crippen molar-refractivity contribution in [3.63, 3.8) is 0 Å². The summed E-state index contributed by atoms with van der Waals surface area (Å²) in [4.78, 5) is 15.7. The Bertz CT molecular complexity index is 562. The van der Waals surface area contributed by atoms with Crippen LogP contribution in [0.1, 0.15) is 13.8 Å². The molecule has 0 saturated heterocycles. The van der Waals surface area contributed by atoms with Crippen LogP contribution in [0, 0.1) is 5.92 Å². The maximum atomic E-state index is 11.4. The van der Waals surface area contributed by atoms with Crippen molar-refractivity contribution in [3.05, 3.63) is 36.5 Å². The van der Waals surface area contributed by atoms with Gasteiger partial charge in [-0.05, 0) is 0 Å². The molecule has 0 fully saturated rings. The Morgan fingerprint density at radius 1 is 1.20 bits per heavy atom. The molecule has 7 heteroatoms. The van der Waals surface area contributed by atoms with E-state index in [0.717, 1.165) is 5.56 Å². The smallest absolute Gasteiger partial charge is 0.262 e. The molecule has 106 valence electrons. The van der Waals surface area contributed by atoms with Gasteiger partial charge in [-0.25, -0.2) is 4.98 Å². The lowest BCUT2D eigenvalue weighted by Gasteiger charge is -2.09. The second kappa shape index (κ2) is 7.40. The normalized spacial score (nSPS) is 9.75. The van der Waals surface area contributed by atoms with Crippen LogP contribution in [0.3, 0.4) is 0 Å². The molecule has 20 heavy (non-hydrogen) atoms. The van der Waals surface area contributed by atoms with Gasteiger partial charge in [0.25, 0.3) is 5.95 Å². The third kappa shape index (κ3) is 4.17. The highest BCUT2D eigenvalue weighted by Crippen LogP contribution is 2.15. The van der Waals surface area contributed by atoms with Gasteiger partial charge in [0.2, 0.25) is 5.91 Å². The summed E-state index contributed by atoms with van der Waals surface area (Å²) in [5.74, 6) is 0.0156. The van der Waals surface area contributed by atoms with Crippen LogP contribution in [0.25, 0.3) is 11.3 Å². The van der Waals surface area contributed by atoms with E-state index in [1.54, 1.807) is 20.0 Å². The average molecular weight is 294 g/mol. The van der Waals surface area contributed by atoms with Crippen LogP contribution >= 0.6 is 12.4 Å². The molecule has 0 saturated carbocycles. The number of carbonyl (C=O) groups is 1. The van der Waals surface area contributed by atoms with Gasteiger partial charge in [0.1, 0.15) is 0 Å². The molecule has 1 amide bonds. The second-order valence-electron chi connectivity index (χ2n) is 4.30.